The van der Waals surface area contributed by atoms with Crippen LogP contribution in [0.5, 0.6) is 5.75 Å². The first kappa shape index (κ1) is 12.9. The zero-order valence-electron chi connectivity index (χ0n) is 10.6. The van der Waals surface area contributed by atoms with Crippen LogP contribution < -0.4 is 10.5 Å². The van der Waals surface area contributed by atoms with Crippen molar-refractivity contribution in [2.24, 2.45) is 5.73 Å². The average Bonchev–Trinajstić information content (AvgIpc) is 2.39. The second-order valence-corrected chi connectivity index (χ2v) is 4.56. The van der Waals surface area contributed by atoms with E-state index in [4.69, 9.17) is 15.2 Å². The van der Waals surface area contributed by atoms with Gasteiger partial charge in [-0.2, -0.15) is 0 Å². The van der Waals surface area contributed by atoms with Gasteiger partial charge in [0, 0.05) is 17.5 Å². The van der Waals surface area contributed by atoms with Crippen LogP contribution in [0.2, 0.25) is 0 Å². The fraction of sp³-hybridized carbons (Fsp3) is 0.500. The van der Waals surface area contributed by atoms with E-state index in [0.29, 0.717) is 26.2 Å². The lowest BCUT2D eigenvalue weighted by Gasteiger charge is -2.37. The Kier molecular flexibility index (Phi) is 3.87. The molecular formula is C14H19NO3. The molecule has 2 N–H and O–H groups in total. The highest BCUT2D eigenvalue weighted by molar-refractivity contribution is 5.72. The SMILES string of the molecule is CCOC(=O)CC1(CN)CCOc2ccccc21. The number of benzene rings is 1. The summed E-state index contributed by atoms with van der Waals surface area (Å²) in [5.41, 5.74) is 6.61. The lowest BCUT2D eigenvalue weighted by Crippen LogP contribution is -2.42. The molecule has 1 heterocycles. The van der Waals surface area contributed by atoms with Crippen molar-refractivity contribution in [3.8, 4) is 5.75 Å². The van der Waals surface area contributed by atoms with E-state index in [-0.39, 0.29) is 11.4 Å². The Bertz CT molecular complexity index is 433. The normalized spacial score (nSPS) is 21.9. The molecule has 18 heavy (non-hydrogen) atoms. The Balaban J connectivity index is 2.30. The highest BCUT2D eigenvalue weighted by Crippen LogP contribution is 2.40. The third-order valence-corrected chi connectivity index (χ3v) is 3.48. The summed E-state index contributed by atoms with van der Waals surface area (Å²) in [6.45, 7) is 3.22. The number of nitrogens with two attached hydrogens (primary N) is 1. The van der Waals surface area contributed by atoms with E-state index >= 15 is 0 Å². The van der Waals surface area contributed by atoms with Crippen LogP contribution in [-0.4, -0.2) is 25.7 Å². The van der Waals surface area contributed by atoms with Gasteiger partial charge in [-0.25, -0.2) is 0 Å². The van der Waals surface area contributed by atoms with E-state index in [1.54, 1.807) is 0 Å². The molecule has 4 nitrogen and oxygen atoms in total. The largest absolute Gasteiger partial charge is 0.493 e. The third-order valence-electron chi connectivity index (χ3n) is 3.48. The maximum atomic E-state index is 11.8. The smallest absolute Gasteiger partial charge is 0.306 e. The molecule has 1 aromatic rings. The second-order valence-electron chi connectivity index (χ2n) is 4.56. The molecule has 2 rings (SSSR count). The van der Waals surface area contributed by atoms with Crippen LogP contribution >= 0.6 is 0 Å². The van der Waals surface area contributed by atoms with Gasteiger partial charge in [-0.1, -0.05) is 18.2 Å². The molecule has 0 aliphatic carbocycles. The van der Waals surface area contributed by atoms with E-state index < -0.39 is 0 Å². The van der Waals surface area contributed by atoms with Gasteiger partial charge in [0.1, 0.15) is 5.75 Å². The molecule has 98 valence electrons. The summed E-state index contributed by atoms with van der Waals surface area (Å²) in [7, 11) is 0. The van der Waals surface area contributed by atoms with Gasteiger partial charge in [-0.15, -0.1) is 0 Å². The third kappa shape index (κ3) is 2.34. The van der Waals surface area contributed by atoms with Crippen molar-refractivity contribution in [2.45, 2.75) is 25.2 Å². The summed E-state index contributed by atoms with van der Waals surface area (Å²) in [5.74, 6) is 0.637. The van der Waals surface area contributed by atoms with Gasteiger partial charge in [0.2, 0.25) is 0 Å². The molecule has 0 bridgehead atoms. The number of para-hydroxylation sites is 1. The first-order valence-electron chi connectivity index (χ1n) is 6.30. The van der Waals surface area contributed by atoms with Gasteiger partial charge >= 0.3 is 5.97 Å². The summed E-state index contributed by atoms with van der Waals surface area (Å²) in [6, 6.07) is 7.78. The summed E-state index contributed by atoms with van der Waals surface area (Å²) >= 11 is 0. The van der Waals surface area contributed by atoms with Crippen molar-refractivity contribution in [3.05, 3.63) is 29.8 Å². The van der Waals surface area contributed by atoms with Crippen LogP contribution in [0.4, 0.5) is 0 Å². The highest BCUT2D eigenvalue weighted by atomic mass is 16.5. The summed E-state index contributed by atoms with van der Waals surface area (Å²) in [5, 5.41) is 0. The van der Waals surface area contributed by atoms with Crippen LogP contribution in [0.3, 0.4) is 0 Å². The standard InChI is InChI=1S/C14H19NO3/c1-2-17-13(16)9-14(10-15)7-8-18-12-6-4-3-5-11(12)14/h3-6H,2,7-10,15H2,1H3. The maximum absolute atomic E-state index is 11.8. The lowest BCUT2D eigenvalue weighted by atomic mass is 9.73. The van der Waals surface area contributed by atoms with Crippen molar-refractivity contribution in [1.82, 2.24) is 0 Å². The number of hydrogen-bond donors (Lipinski definition) is 1. The first-order chi connectivity index (χ1) is 8.72. The van der Waals surface area contributed by atoms with E-state index in [1.165, 1.54) is 0 Å². The quantitative estimate of drug-likeness (QED) is 0.824. The van der Waals surface area contributed by atoms with Gasteiger partial charge < -0.3 is 15.2 Å². The molecule has 1 atom stereocenters. The molecule has 0 aromatic heterocycles. The molecule has 0 fully saturated rings. The number of esters is 1. The molecule has 4 heteroatoms. The average molecular weight is 249 g/mol. The van der Waals surface area contributed by atoms with Crippen LogP contribution in [0.15, 0.2) is 24.3 Å². The zero-order valence-corrected chi connectivity index (χ0v) is 10.6. The number of carbonyl (C=O) groups excluding carboxylic acids is 1. The van der Waals surface area contributed by atoms with Crippen LogP contribution in [-0.2, 0) is 14.9 Å². The molecule has 1 unspecified atom stereocenters. The van der Waals surface area contributed by atoms with Gasteiger partial charge in [0.15, 0.2) is 0 Å². The Morgan fingerprint density at radius 1 is 1.50 bits per heavy atom. The van der Waals surface area contributed by atoms with Gasteiger partial charge in [-0.3, -0.25) is 4.79 Å². The minimum absolute atomic E-state index is 0.195. The molecule has 0 saturated heterocycles. The van der Waals surface area contributed by atoms with Crippen molar-refractivity contribution < 1.29 is 14.3 Å². The van der Waals surface area contributed by atoms with Crippen molar-refractivity contribution >= 4 is 5.97 Å². The zero-order chi connectivity index (χ0) is 13.0. The van der Waals surface area contributed by atoms with Crippen LogP contribution in [0, 0.1) is 0 Å². The predicted molar refractivity (Wildman–Crippen MR) is 68.5 cm³/mol. The van der Waals surface area contributed by atoms with Gasteiger partial charge in [0.25, 0.3) is 0 Å². The predicted octanol–water partition coefficient (Wildman–Crippen LogP) is 1.62. The monoisotopic (exact) mass is 249 g/mol. The van der Waals surface area contributed by atoms with E-state index in [2.05, 4.69) is 0 Å². The lowest BCUT2D eigenvalue weighted by molar-refractivity contribution is -0.144. The summed E-state index contributed by atoms with van der Waals surface area (Å²) in [4.78, 5) is 11.8. The molecule has 0 saturated carbocycles. The number of rotatable bonds is 4. The molecule has 0 radical (unpaired) electrons. The second kappa shape index (κ2) is 5.40. The molecule has 1 aliphatic heterocycles. The Hall–Kier alpha value is -1.55. The summed E-state index contributed by atoms with van der Waals surface area (Å²) < 4.78 is 10.7. The van der Waals surface area contributed by atoms with Crippen LogP contribution in [0.1, 0.15) is 25.3 Å². The number of hydrogen-bond acceptors (Lipinski definition) is 4. The Morgan fingerprint density at radius 3 is 3.00 bits per heavy atom. The van der Waals surface area contributed by atoms with Gasteiger partial charge in [0.05, 0.1) is 19.6 Å². The molecule has 1 aliphatic rings. The fourth-order valence-electron chi connectivity index (χ4n) is 2.48. The molecule has 0 spiro atoms. The Labute approximate surface area is 107 Å². The van der Waals surface area contributed by atoms with E-state index in [1.807, 2.05) is 31.2 Å². The minimum atomic E-state index is -0.346. The number of ether oxygens (including phenoxy) is 2. The summed E-state index contributed by atoms with van der Waals surface area (Å²) in [6.07, 6.45) is 1.07. The molecular weight excluding hydrogens is 230 g/mol. The van der Waals surface area contributed by atoms with E-state index in [9.17, 15) is 4.79 Å². The van der Waals surface area contributed by atoms with Gasteiger partial charge in [-0.05, 0) is 19.4 Å². The number of fused-ring (bicyclic) bond motifs is 1. The Morgan fingerprint density at radius 2 is 2.28 bits per heavy atom. The molecule has 1 aromatic carbocycles. The highest BCUT2D eigenvalue weighted by Gasteiger charge is 2.38. The minimum Gasteiger partial charge on any atom is -0.493 e. The van der Waals surface area contributed by atoms with Crippen LogP contribution in [0.25, 0.3) is 0 Å². The maximum Gasteiger partial charge on any atom is 0.306 e. The number of carbonyl (C=O) groups is 1. The van der Waals surface area contributed by atoms with E-state index in [0.717, 1.165) is 17.7 Å². The topological polar surface area (TPSA) is 61.5 Å². The molecule has 0 amide bonds. The first-order valence-corrected chi connectivity index (χ1v) is 6.30. The van der Waals surface area contributed by atoms with Crippen molar-refractivity contribution in [3.63, 3.8) is 0 Å². The van der Waals surface area contributed by atoms with Crippen molar-refractivity contribution in [2.75, 3.05) is 19.8 Å². The fourth-order valence-corrected chi connectivity index (χ4v) is 2.48. The van der Waals surface area contributed by atoms with Crippen molar-refractivity contribution in [1.29, 1.82) is 0 Å².